The van der Waals surface area contributed by atoms with Crippen molar-refractivity contribution in [2.75, 3.05) is 7.05 Å². The highest BCUT2D eigenvalue weighted by Gasteiger charge is 2.64. The molecule has 0 radical (unpaired) electrons. The molecule has 0 spiro atoms. The molecule has 0 unspecified atom stereocenters. The van der Waals surface area contributed by atoms with Crippen molar-refractivity contribution >= 4 is 11.9 Å². The summed E-state index contributed by atoms with van der Waals surface area (Å²) in [5.41, 5.74) is -1.47. The third-order valence-corrected chi connectivity index (χ3v) is 2.70. The molecule has 1 aliphatic rings. The summed E-state index contributed by atoms with van der Waals surface area (Å²) in [5.74, 6) is -0.557. The third kappa shape index (κ3) is 2.13. The number of carbonyl (C=O) groups excluding carboxylic acids is 2. The molecule has 86 valence electrons. The molecule has 0 aromatic heterocycles. The standard InChI is InChI=1S/C11H19NO3/c1-7-6-11(7,8(13)12-5)9(14)15-10(2,3)4/h7H,6H2,1-5H3,(H,12,13)/t7-,11-/m0/s1. The first-order valence-electron chi connectivity index (χ1n) is 5.19. The molecule has 1 fully saturated rings. The number of carbonyl (C=O) groups is 2. The van der Waals surface area contributed by atoms with E-state index in [2.05, 4.69) is 5.32 Å². The molecule has 0 aromatic rings. The summed E-state index contributed by atoms with van der Waals surface area (Å²) < 4.78 is 5.26. The zero-order valence-electron chi connectivity index (χ0n) is 10.0. The molecule has 1 saturated carbocycles. The van der Waals surface area contributed by atoms with Crippen molar-refractivity contribution in [2.24, 2.45) is 11.3 Å². The van der Waals surface area contributed by atoms with Crippen LogP contribution in [0.2, 0.25) is 0 Å². The summed E-state index contributed by atoms with van der Waals surface area (Å²) in [4.78, 5) is 23.5. The summed E-state index contributed by atoms with van der Waals surface area (Å²) in [5, 5.41) is 2.53. The van der Waals surface area contributed by atoms with Gasteiger partial charge in [-0.2, -0.15) is 0 Å². The van der Waals surface area contributed by atoms with Crippen LogP contribution in [0.3, 0.4) is 0 Å². The van der Waals surface area contributed by atoms with Gasteiger partial charge in [0, 0.05) is 7.05 Å². The molecule has 0 bridgehead atoms. The Morgan fingerprint density at radius 1 is 1.40 bits per heavy atom. The van der Waals surface area contributed by atoms with Gasteiger partial charge in [0.15, 0.2) is 0 Å². The van der Waals surface area contributed by atoms with Gasteiger partial charge in [0.05, 0.1) is 0 Å². The van der Waals surface area contributed by atoms with Gasteiger partial charge in [-0.05, 0) is 33.1 Å². The lowest BCUT2D eigenvalue weighted by Gasteiger charge is -2.23. The maximum Gasteiger partial charge on any atom is 0.322 e. The normalized spacial score (nSPS) is 29.5. The molecule has 0 heterocycles. The lowest BCUT2D eigenvalue weighted by molar-refractivity contribution is -0.165. The SMILES string of the molecule is CNC(=O)[C@]1(C(=O)OC(C)(C)C)C[C@@H]1C. The molecular weight excluding hydrogens is 194 g/mol. The van der Waals surface area contributed by atoms with Gasteiger partial charge in [0.1, 0.15) is 11.0 Å². The largest absolute Gasteiger partial charge is 0.459 e. The fraction of sp³-hybridized carbons (Fsp3) is 0.818. The number of rotatable bonds is 2. The van der Waals surface area contributed by atoms with Crippen molar-refractivity contribution in [3.05, 3.63) is 0 Å². The van der Waals surface area contributed by atoms with E-state index in [1.54, 1.807) is 27.8 Å². The van der Waals surface area contributed by atoms with Crippen molar-refractivity contribution in [3.8, 4) is 0 Å². The van der Waals surface area contributed by atoms with Gasteiger partial charge in [0.25, 0.3) is 0 Å². The van der Waals surface area contributed by atoms with Crippen molar-refractivity contribution in [2.45, 2.75) is 39.7 Å². The van der Waals surface area contributed by atoms with Gasteiger partial charge in [-0.25, -0.2) is 0 Å². The van der Waals surface area contributed by atoms with E-state index in [1.165, 1.54) is 0 Å². The fourth-order valence-corrected chi connectivity index (χ4v) is 1.71. The van der Waals surface area contributed by atoms with Crippen LogP contribution in [0.15, 0.2) is 0 Å². The van der Waals surface area contributed by atoms with E-state index in [4.69, 9.17) is 4.74 Å². The third-order valence-electron chi connectivity index (χ3n) is 2.70. The smallest absolute Gasteiger partial charge is 0.322 e. The Labute approximate surface area is 90.4 Å². The van der Waals surface area contributed by atoms with Crippen LogP contribution in [0.4, 0.5) is 0 Å². The molecular formula is C11H19NO3. The molecule has 4 heteroatoms. The molecule has 1 N–H and O–H groups in total. The number of nitrogens with one attached hydrogen (secondary N) is 1. The molecule has 4 nitrogen and oxygen atoms in total. The molecule has 2 atom stereocenters. The van der Waals surface area contributed by atoms with E-state index in [0.717, 1.165) is 0 Å². The minimum atomic E-state index is -0.929. The van der Waals surface area contributed by atoms with E-state index in [0.29, 0.717) is 6.42 Å². The molecule has 0 aliphatic heterocycles. The summed E-state index contributed by atoms with van der Waals surface area (Å²) in [6.07, 6.45) is 0.585. The van der Waals surface area contributed by atoms with Gasteiger partial charge in [0.2, 0.25) is 5.91 Å². The lowest BCUT2D eigenvalue weighted by Crippen LogP contribution is -2.40. The quantitative estimate of drug-likeness (QED) is 0.552. The Morgan fingerprint density at radius 2 is 1.87 bits per heavy atom. The first kappa shape index (κ1) is 12.0. The Morgan fingerprint density at radius 3 is 2.13 bits per heavy atom. The van der Waals surface area contributed by atoms with E-state index >= 15 is 0 Å². The van der Waals surface area contributed by atoms with E-state index in [1.807, 2.05) is 6.92 Å². The van der Waals surface area contributed by atoms with E-state index in [-0.39, 0.29) is 11.8 Å². The lowest BCUT2D eigenvalue weighted by atomic mass is 10.0. The Balaban J connectivity index is 2.77. The average Bonchev–Trinajstić information content (AvgIpc) is 2.74. The predicted octanol–water partition coefficient (Wildman–Crippen LogP) is 1.10. The van der Waals surface area contributed by atoms with Crippen molar-refractivity contribution in [1.82, 2.24) is 5.32 Å². The van der Waals surface area contributed by atoms with Crippen LogP contribution in [-0.2, 0) is 14.3 Å². The van der Waals surface area contributed by atoms with Gasteiger partial charge in [-0.1, -0.05) is 6.92 Å². The summed E-state index contributed by atoms with van der Waals surface area (Å²) >= 11 is 0. The van der Waals surface area contributed by atoms with E-state index < -0.39 is 17.0 Å². The Hall–Kier alpha value is -1.06. The van der Waals surface area contributed by atoms with Crippen LogP contribution in [0.1, 0.15) is 34.1 Å². The second kappa shape index (κ2) is 3.51. The maximum absolute atomic E-state index is 11.9. The number of ether oxygens (including phenoxy) is 1. The zero-order valence-corrected chi connectivity index (χ0v) is 10.0. The van der Waals surface area contributed by atoms with Gasteiger partial charge < -0.3 is 10.1 Å². The number of hydrogen-bond acceptors (Lipinski definition) is 3. The van der Waals surface area contributed by atoms with Crippen LogP contribution in [0.5, 0.6) is 0 Å². The minimum absolute atomic E-state index is 0.0762. The number of hydrogen-bond donors (Lipinski definition) is 1. The molecule has 1 rings (SSSR count). The van der Waals surface area contributed by atoms with E-state index in [9.17, 15) is 9.59 Å². The molecule has 0 aromatic carbocycles. The first-order chi connectivity index (χ1) is 6.74. The summed E-state index contributed by atoms with van der Waals surface area (Å²) in [7, 11) is 1.54. The maximum atomic E-state index is 11.9. The molecule has 1 aliphatic carbocycles. The summed E-state index contributed by atoms with van der Waals surface area (Å²) in [6.45, 7) is 7.29. The van der Waals surface area contributed by atoms with Crippen LogP contribution < -0.4 is 5.32 Å². The highest BCUT2D eigenvalue weighted by molar-refractivity contribution is 6.06. The molecule has 15 heavy (non-hydrogen) atoms. The van der Waals surface area contributed by atoms with Crippen molar-refractivity contribution in [1.29, 1.82) is 0 Å². The van der Waals surface area contributed by atoms with Crippen molar-refractivity contribution in [3.63, 3.8) is 0 Å². The predicted molar refractivity (Wildman–Crippen MR) is 56.1 cm³/mol. The highest BCUT2D eigenvalue weighted by Crippen LogP contribution is 2.53. The second-order valence-corrected chi connectivity index (χ2v) is 5.16. The fourth-order valence-electron chi connectivity index (χ4n) is 1.71. The zero-order chi connectivity index (χ0) is 11.9. The topological polar surface area (TPSA) is 55.4 Å². The van der Waals surface area contributed by atoms with Gasteiger partial charge >= 0.3 is 5.97 Å². The average molecular weight is 213 g/mol. The Kier molecular flexibility index (Phi) is 2.81. The highest BCUT2D eigenvalue weighted by atomic mass is 16.6. The van der Waals surface area contributed by atoms with Crippen molar-refractivity contribution < 1.29 is 14.3 Å². The van der Waals surface area contributed by atoms with Crippen LogP contribution in [0, 0.1) is 11.3 Å². The number of esters is 1. The van der Waals surface area contributed by atoms with Gasteiger partial charge in [-0.15, -0.1) is 0 Å². The van der Waals surface area contributed by atoms with Crippen LogP contribution in [-0.4, -0.2) is 24.5 Å². The van der Waals surface area contributed by atoms with Gasteiger partial charge in [-0.3, -0.25) is 9.59 Å². The second-order valence-electron chi connectivity index (χ2n) is 5.16. The number of amides is 1. The minimum Gasteiger partial charge on any atom is -0.459 e. The molecule has 1 amide bonds. The van der Waals surface area contributed by atoms with Crippen LogP contribution in [0.25, 0.3) is 0 Å². The summed E-state index contributed by atoms with van der Waals surface area (Å²) in [6, 6.07) is 0. The molecule has 0 saturated heterocycles. The Bertz CT molecular complexity index is 293. The monoisotopic (exact) mass is 213 g/mol. The first-order valence-corrected chi connectivity index (χ1v) is 5.19. The van der Waals surface area contributed by atoms with Crippen LogP contribution >= 0.6 is 0 Å².